The van der Waals surface area contributed by atoms with E-state index in [0.29, 0.717) is 0 Å². The first-order valence-electron chi connectivity index (χ1n) is 9.46. The Hall–Kier alpha value is -2.18. The summed E-state index contributed by atoms with van der Waals surface area (Å²) < 4.78 is 5.42. The molecule has 0 spiro atoms. The zero-order valence-corrected chi connectivity index (χ0v) is 15.5. The fourth-order valence-electron chi connectivity index (χ4n) is 3.63. The highest BCUT2D eigenvalue weighted by Gasteiger charge is 2.20. The first kappa shape index (κ1) is 17.2. The van der Waals surface area contributed by atoms with Gasteiger partial charge in [0.2, 0.25) is 5.95 Å². The van der Waals surface area contributed by atoms with Crippen molar-refractivity contribution in [2.24, 2.45) is 0 Å². The zero-order chi connectivity index (χ0) is 17.8. The predicted octanol–water partition coefficient (Wildman–Crippen LogP) is 1.94. The molecule has 0 saturated carbocycles. The average molecular weight is 353 g/mol. The van der Waals surface area contributed by atoms with Gasteiger partial charge in [0.1, 0.15) is 5.82 Å². The molecule has 138 valence electrons. The van der Waals surface area contributed by atoms with Crippen LogP contribution in [-0.4, -0.2) is 67.4 Å². The predicted molar refractivity (Wildman–Crippen MR) is 104 cm³/mol. The lowest BCUT2D eigenvalue weighted by Gasteiger charge is -2.36. The van der Waals surface area contributed by atoms with Crippen molar-refractivity contribution in [1.29, 1.82) is 0 Å². The van der Waals surface area contributed by atoms with Gasteiger partial charge in [-0.1, -0.05) is 29.8 Å². The van der Waals surface area contributed by atoms with E-state index in [9.17, 15) is 0 Å². The smallest absolute Gasteiger partial charge is 0.227 e. The minimum atomic E-state index is 0.755. The topological polar surface area (TPSA) is 44.7 Å². The molecule has 0 unspecified atom stereocenters. The molecule has 0 bridgehead atoms. The fraction of sp³-hybridized carbons (Fsp3) is 0.500. The molecule has 2 aliphatic rings. The first-order valence-corrected chi connectivity index (χ1v) is 9.46. The van der Waals surface area contributed by atoms with E-state index in [4.69, 9.17) is 9.72 Å². The van der Waals surface area contributed by atoms with E-state index in [0.717, 1.165) is 70.8 Å². The maximum absolute atomic E-state index is 5.42. The van der Waals surface area contributed by atoms with Crippen LogP contribution in [0.3, 0.4) is 0 Å². The number of benzene rings is 1. The molecular weight excluding hydrogens is 326 g/mol. The van der Waals surface area contributed by atoms with Crippen molar-refractivity contribution < 1.29 is 4.74 Å². The largest absolute Gasteiger partial charge is 0.378 e. The Morgan fingerprint density at radius 3 is 2.54 bits per heavy atom. The molecule has 4 rings (SSSR count). The molecule has 2 aromatic rings. The van der Waals surface area contributed by atoms with Gasteiger partial charge in [0, 0.05) is 52.0 Å². The van der Waals surface area contributed by atoms with Crippen molar-refractivity contribution >= 4 is 11.8 Å². The Morgan fingerprint density at radius 1 is 0.962 bits per heavy atom. The number of anilines is 2. The van der Waals surface area contributed by atoms with E-state index < -0.39 is 0 Å². The molecule has 6 heteroatoms. The van der Waals surface area contributed by atoms with E-state index in [-0.39, 0.29) is 0 Å². The second-order valence-electron chi connectivity index (χ2n) is 7.07. The van der Waals surface area contributed by atoms with Crippen LogP contribution in [0.1, 0.15) is 11.1 Å². The Balaban J connectivity index is 1.35. The monoisotopic (exact) mass is 353 g/mol. The second kappa shape index (κ2) is 8.01. The Kier molecular flexibility index (Phi) is 5.32. The molecule has 2 saturated heterocycles. The number of piperazine rings is 1. The third-order valence-corrected chi connectivity index (χ3v) is 5.11. The van der Waals surface area contributed by atoms with Crippen molar-refractivity contribution in [3.8, 4) is 0 Å². The number of morpholine rings is 1. The summed E-state index contributed by atoms with van der Waals surface area (Å²) in [4.78, 5) is 16.4. The molecule has 0 atom stereocenters. The van der Waals surface area contributed by atoms with E-state index in [1.807, 2.05) is 12.3 Å². The van der Waals surface area contributed by atoms with Gasteiger partial charge >= 0.3 is 0 Å². The third kappa shape index (κ3) is 4.14. The number of aryl methyl sites for hydroxylation is 1. The highest BCUT2D eigenvalue weighted by molar-refractivity contribution is 5.44. The summed E-state index contributed by atoms with van der Waals surface area (Å²) >= 11 is 0. The molecule has 0 radical (unpaired) electrons. The Bertz CT molecular complexity index is 724. The summed E-state index contributed by atoms with van der Waals surface area (Å²) in [6.07, 6.45) is 1.88. The lowest BCUT2D eigenvalue weighted by atomic mass is 10.1. The highest BCUT2D eigenvalue weighted by Crippen LogP contribution is 2.18. The van der Waals surface area contributed by atoms with Gasteiger partial charge < -0.3 is 14.5 Å². The summed E-state index contributed by atoms with van der Waals surface area (Å²) in [5.74, 6) is 1.87. The van der Waals surface area contributed by atoms with Crippen molar-refractivity contribution in [3.63, 3.8) is 0 Å². The molecule has 1 aromatic heterocycles. The van der Waals surface area contributed by atoms with Crippen molar-refractivity contribution in [2.45, 2.75) is 13.5 Å². The molecule has 6 nitrogen and oxygen atoms in total. The lowest BCUT2D eigenvalue weighted by molar-refractivity contribution is 0.122. The normalized spacial score (nSPS) is 19.0. The van der Waals surface area contributed by atoms with Gasteiger partial charge in [-0.05, 0) is 18.6 Å². The molecule has 0 N–H and O–H groups in total. The zero-order valence-electron chi connectivity index (χ0n) is 15.5. The number of hydrogen-bond donors (Lipinski definition) is 0. The average Bonchev–Trinajstić information content (AvgIpc) is 2.69. The van der Waals surface area contributed by atoms with E-state index in [2.05, 4.69) is 50.9 Å². The van der Waals surface area contributed by atoms with E-state index in [1.165, 1.54) is 11.1 Å². The quantitative estimate of drug-likeness (QED) is 0.837. The summed E-state index contributed by atoms with van der Waals surface area (Å²) in [6, 6.07) is 10.8. The number of rotatable bonds is 4. The van der Waals surface area contributed by atoms with E-state index in [1.54, 1.807) is 0 Å². The van der Waals surface area contributed by atoms with Crippen LogP contribution in [0.15, 0.2) is 36.5 Å². The van der Waals surface area contributed by atoms with Gasteiger partial charge in [0.25, 0.3) is 0 Å². The van der Waals surface area contributed by atoms with Gasteiger partial charge in [-0.15, -0.1) is 0 Å². The Morgan fingerprint density at radius 2 is 1.77 bits per heavy atom. The van der Waals surface area contributed by atoms with Gasteiger partial charge in [0.05, 0.1) is 13.2 Å². The first-order chi connectivity index (χ1) is 12.8. The van der Waals surface area contributed by atoms with Gasteiger partial charge in [-0.25, -0.2) is 4.98 Å². The molecule has 26 heavy (non-hydrogen) atoms. The third-order valence-electron chi connectivity index (χ3n) is 5.11. The second-order valence-corrected chi connectivity index (χ2v) is 7.07. The minimum absolute atomic E-state index is 0.755. The maximum atomic E-state index is 5.42. The summed E-state index contributed by atoms with van der Waals surface area (Å²) in [6.45, 7) is 10.6. The summed E-state index contributed by atoms with van der Waals surface area (Å²) in [5, 5.41) is 0. The SMILES string of the molecule is Cc1cccc(CN2CCN(c3ccnc(N4CCOCC4)n3)CC2)c1. The van der Waals surface area contributed by atoms with Gasteiger partial charge in [-0.3, -0.25) is 4.90 Å². The Labute approximate surface area is 155 Å². The molecule has 0 aliphatic carbocycles. The molecule has 0 amide bonds. The summed E-state index contributed by atoms with van der Waals surface area (Å²) in [7, 11) is 0. The summed E-state index contributed by atoms with van der Waals surface area (Å²) in [5.41, 5.74) is 2.73. The van der Waals surface area contributed by atoms with Crippen LogP contribution in [0.5, 0.6) is 0 Å². The standard InChI is InChI=1S/C20H27N5O/c1-17-3-2-4-18(15-17)16-23-7-9-24(10-8-23)19-5-6-21-20(22-19)25-11-13-26-14-12-25/h2-6,15H,7-14,16H2,1H3. The van der Waals surface area contributed by atoms with Crippen molar-refractivity contribution in [2.75, 3.05) is 62.3 Å². The molecule has 3 heterocycles. The number of nitrogens with zero attached hydrogens (tertiary/aromatic N) is 5. The fourth-order valence-corrected chi connectivity index (χ4v) is 3.63. The number of hydrogen-bond acceptors (Lipinski definition) is 6. The molecule has 2 aliphatic heterocycles. The van der Waals surface area contributed by atoms with Crippen molar-refractivity contribution in [1.82, 2.24) is 14.9 Å². The van der Waals surface area contributed by atoms with Crippen LogP contribution in [0.25, 0.3) is 0 Å². The van der Waals surface area contributed by atoms with Crippen LogP contribution in [0.2, 0.25) is 0 Å². The molecule has 2 fully saturated rings. The van der Waals surface area contributed by atoms with Crippen LogP contribution in [0.4, 0.5) is 11.8 Å². The van der Waals surface area contributed by atoms with E-state index >= 15 is 0 Å². The lowest BCUT2D eigenvalue weighted by Crippen LogP contribution is -2.46. The van der Waals surface area contributed by atoms with Gasteiger partial charge in [0.15, 0.2) is 0 Å². The molecular formula is C20H27N5O. The molecule has 1 aromatic carbocycles. The van der Waals surface area contributed by atoms with Crippen LogP contribution in [-0.2, 0) is 11.3 Å². The number of ether oxygens (including phenoxy) is 1. The van der Waals surface area contributed by atoms with Crippen LogP contribution in [0, 0.1) is 6.92 Å². The number of aromatic nitrogens is 2. The van der Waals surface area contributed by atoms with Crippen molar-refractivity contribution in [3.05, 3.63) is 47.7 Å². The van der Waals surface area contributed by atoms with Crippen LogP contribution >= 0.6 is 0 Å². The minimum Gasteiger partial charge on any atom is -0.378 e. The van der Waals surface area contributed by atoms with Crippen LogP contribution < -0.4 is 9.80 Å². The maximum Gasteiger partial charge on any atom is 0.227 e. The van der Waals surface area contributed by atoms with Gasteiger partial charge in [-0.2, -0.15) is 4.98 Å². The highest BCUT2D eigenvalue weighted by atomic mass is 16.5.